The van der Waals surface area contributed by atoms with Gasteiger partial charge in [-0.15, -0.1) is 0 Å². The van der Waals surface area contributed by atoms with Crippen LogP contribution in [-0.4, -0.2) is 9.97 Å². The lowest BCUT2D eigenvalue weighted by Crippen LogP contribution is -1.96. The summed E-state index contributed by atoms with van der Waals surface area (Å²) in [7, 11) is 0. The summed E-state index contributed by atoms with van der Waals surface area (Å²) in [6, 6.07) is 6.28. The van der Waals surface area contributed by atoms with Gasteiger partial charge in [0.15, 0.2) is 0 Å². The van der Waals surface area contributed by atoms with Crippen LogP contribution in [0, 0.1) is 16.0 Å². The number of halogens is 2. The second kappa shape index (κ2) is 5.02. The Kier molecular flexibility index (Phi) is 3.44. The summed E-state index contributed by atoms with van der Waals surface area (Å²) in [6.07, 6.45) is 0.357. The molecule has 90 valence electrons. The Balaban J connectivity index is 2.67. The zero-order valence-corrected chi connectivity index (χ0v) is 9.84. The molecule has 0 radical (unpaired) electrons. The normalized spacial score (nSPS) is 10.3. The number of aromatic amines is 1. The molecule has 0 aliphatic rings. The lowest BCUT2D eigenvalue weighted by Gasteiger charge is -2.07. The fourth-order valence-electron chi connectivity index (χ4n) is 1.55. The first-order valence-electron chi connectivity index (χ1n) is 4.99. The van der Waals surface area contributed by atoms with E-state index >= 15 is 0 Å². The molecule has 0 amide bonds. The maximum atomic E-state index is 12.9. The van der Waals surface area contributed by atoms with Crippen molar-refractivity contribution in [2.45, 2.75) is 6.43 Å². The number of H-pyrrole nitrogens is 1. The minimum absolute atomic E-state index is 0.0158. The van der Waals surface area contributed by atoms with E-state index in [0.717, 1.165) is 0 Å². The van der Waals surface area contributed by atoms with Crippen LogP contribution in [0.5, 0.6) is 0 Å². The van der Waals surface area contributed by atoms with E-state index in [9.17, 15) is 8.78 Å². The number of aromatic nitrogens is 2. The summed E-state index contributed by atoms with van der Waals surface area (Å²) in [6.45, 7) is 0. The van der Waals surface area contributed by atoms with Crippen molar-refractivity contribution < 1.29 is 8.78 Å². The van der Waals surface area contributed by atoms with Gasteiger partial charge in [-0.2, -0.15) is 5.26 Å². The lowest BCUT2D eigenvalue weighted by molar-refractivity contribution is 0.151. The molecule has 0 saturated carbocycles. The maximum absolute atomic E-state index is 12.9. The Morgan fingerprint density at radius 1 is 1.33 bits per heavy atom. The molecule has 0 atom stereocenters. The third-order valence-corrected chi connectivity index (χ3v) is 2.71. The van der Waals surface area contributed by atoms with Gasteiger partial charge in [0.2, 0.25) is 0 Å². The van der Waals surface area contributed by atoms with Gasteiger partial charge >= 0.3 is 0 Å². The lowest BCUT2D eigenvalue weighted by atomic mass is 10.1. The highest BCUT2D eigenvalue weighted by atomic mass is 32.1. The smallest absolute Gasteiger partial charge is 0.265 e. The summed E-state index contributed by atoms with van der Waals surface area (Å²) >= 11 is 4.92. The number of nitrogens with one attached hydrogen (secondary N) is 1. The minimum atomic E-state index is -2.74. The fourth-order valence-corrected chi connectivity index (χ4v) is 1.83. The first-order valence-corrected chi connectivity index (χ1v) is 5.40. The molecule has 18 heavy (non-hydrogen) atoms. The summed E-state index contributed by atoms with van der Waals surface area (Å²) in [5.74, 6) is 0. The molecule has 0 saturated heterocycles. The average molecular weight is 263 g/mol. The van der Waals surface area contributed by atoms with Crippen molar-refractivity contribution in [1.82, 2.24) is 9.97 Å². The molecule has 0 aliphatic carbocycles. The molecule has 3 nitrogen and oxygen atoms in total. The molecule has 0 bridgehead atoms. The maximum Gasteiger partial charge on any atom is 0.265 e. The van der Waals surface area contributed by atoms with Crippen LogP contribution in [-0.2, 0) is 0 Å². The van der Waals surface area contributed by atoms with E-state index in [0.29, 0.717) is 11.3 Å². The van der Waals surface area contributed by atoms with Gasteiger partial charge in [-0.25, -0.2) is 8.78 Å². The molecule has 0 aliphatic heterocycles. The molecular weight excluding hydrogens is 256 g/mol. The van der Waals surface area contributed by atoms with E-state index in [4.69, 9.17) is 17.5 Å². The molecule has 2 aromatic rings. The Labute approximate surface area is 107 Å². The number of pyridine rings is 2. The van der Waals surface area contributed by atoms with Crippen molar-refractivity contribution in [3.63, 3.8) is 0 Å². The van der Waals surface area contributed by atoms with E-state index < -0.39 is 6.43 Å². The van der Waals surface area contributed by atoms with Crippen molar-refractivity contribution in [2.75, 3.05) is 0 Å². The van der Waals surface area contributed by atoms with Gasteiger partial charge < -0.3 is 4.98 Å². The van der Waals surface area contributed by atoms with Gasteiger partial charge in [-0.3, -0.25) is 4.98 Å². The van der Waals surface area contributed by atoms with Gasteiger partial charge in [0.05, 0.1) is 5.56 Å². The quantitative estimate of drug-likeness (QED) is 0.842. The SMILES string of the molecule is N#Cc1c(C(F)F)cc(-c2ccncc2)[nH]c1=S. The zero-order valence-electron chi connectivity index (χ0n) is 9.02. The van der Waals surface area contributed by atoms with E-state index in [1.54, 1.807) is 30.6 Å². The molecule has 0 aromatic carbocycles. The molecule has 6 heteroatoms. The van der Waals surface area contributed by atoms with Gasteiger partial charge in [0.1, 0.15) is 10.7 Å². The molecular formula is C12H7F2N3S. The Morgan fingerprint density at radius 2 is 2.00 bits per heavy atom. The van der Waals surface area contributed by atoms with Crippen LogP contribution in [0.3, 0.4) is 0 Å². The zero-order chi connectivity index (χ0) is 13.1. The van der Waals surface area contributed by atoms with Crippen molar-refractivity contribution in [3.05, 3.63) is 46.4 Å². The number of nitrogens with zero attached hydrogens (tertiary/aromatic N) is 2. The second-order valence-electron chi connectivity index (χ2n) is 3.49. The minimum Gasteiger partial charge on any atom is -0.345 e. The van der Waals surface area contributed by atoms with Crippen LogP contribution in [0.15, 0.2) is 30.6 Å². The number of hydrogen-bond acceptors (Lipinski definition) is 3. The molecule has 2 aromatic heterocycles. The predicted octanol–water partition coefficient (Wildman–Crippen LogP) is 3.62. The molecule has 2 rings (SSSR count). The van der Waals surface area contributed by atoms with Crippen LogP contribution in [0.4, 0.5) is 8.78 Å². The number of alkyl halides is 2. The van der Waals surface area contributed by atoms with E-state index in [2.05, 4.69) is 9.97 Å². The Morgan fingerprint density at radius 3 is 2.56 bits per heavy atom. The number of nitriles is 1. The Bertz CT molecular complexity index is 659. The van der Waals surface area contributed by atoms with Crippen molar-refractivity contribution in [3.8, 4) is 17.3 Å². The van der Waals surface area contributed by atoms with Crippen LogP contribution in [0.1, 0.15) is 17.6 Å². The standard InChI is InChI=1S/C12H7F2N3S/c13-11(14)8-5-10(7-1-3-16-4-2-7)17-12(18)9(8)6-15/h1-5,11H,(H,17,18). The van der Waals surface area contributed by atoms with E-state index in [1.807, 2.05) is 0 Å². The molecule has 0 unspecified atom stereocenters. The van der Waals surface area contributed by atoms with Gasteiger partial charge in [0, 0.05) is 29.2 Å². The van der Waals surface area contributed by atoms with Gasteiger partial charge in [-0.1, -0.05) is 12.2 Å². The molecule has 1 N–H and O–H groups in total. The third kappa shape index (κ3) is 2.26. The Hall–Kier alpha value is -2.13. The van der Waals surface area contributed by atoms with Crippen molar-refractivity contribution in [1.29, 1.82) is 5.26 Å². The van der Waals surface area contributed by atoms with Crippen molar-refractivity contribution >= 4 is 12.2 Å². The number of hydrogen-bond donors (Lipinski definition) is 1. The summed E-state index contributed by atoms with van der Waals surface area (Å²) in [4.78, 5) is 6.61. The second-order valence-corrected chi connectivity index (χ2v) is 3.90. The highest BCUT2D eigenvalue weighted by molar-refractivity contribution is 7.71. The monoisotopic (exact) mass is 263 g/mol. The first-order chi connectivity index (χ1) is 8.63. The summed E-state index contributed by atoms with van der Waals surface area (Å²) in [5, 5.41) is 8.83. The van der Waals surface area contributed by atoms with E-state index in [1.165, 1.54) is 6.07 Å². The first kappa shape index (κ1) is 12.3. The third-order valence-electron chi connectivity index (χ3n) is 2.40. The topological polar surface area (TPSA) is 52.5 Å². The molecule has 0 fully saturated rings. The number of rotatable bonds is 2. The van der Waals surface area contributed by atoms with Gasteiger partial charge in [-0.05, 0) is 18.2 Å². The van der Waals surface area contributed by atoms with Crippen molar-refractivity contribution in [2.24, 2.45) is 0 Å². The highest BCUT2D eigenvalue weighted by Gasteiger charge is 2.16. The molecule has 2 heterocycles. The van der Waals surface area contributed by atoms with E-state index in [-0.39, 0.29) is 15.8 Å². The van der Waals surface area contributed by atoms with Crippen LogP contribution in [0.25, 0.3) is 11.3 Å². The van der Waals surface area contributed by atoms with Crippen LogP contribution >= 0.6 is 12.2 Å². The summed E-state index contributed by atoms with van der Waals surface area (Å²) < 4.78 is 25.7. The van der Waals surface area contributed by atoms with Gasteiger partial charge in [0.25, 0.3) is 6.43 Å². The average Bonchev–Trinajstić information content (AvgIpc) is 2.38. The summed E-state index contributed by atoms with van der Waals surface area (Å²) in [5.41, 5.74) is 0.588. The largest absolute Gasteiger partial charge is 0.345 e. The van der Waals surface area contributed by atoms with Crippen LogP contribution < -0.4 is 0 Å². The molecule has 0 spiro atoms. The fraction of sp³-hybridized carbons (Fsp3) is 0.0833. The highest BCUT2D eigenvalue weighted by Crippen LogP contribution is 2.27. The predicted molar refractivity (Wildman–Crippen MR) is 64.5 cm³/mol. The van der Waals surface area contributed by atoms with Crippen LogP contribution in [0.2, 0.25) is 0 Å².